The molecule has 1 heterocycles. The molecule has 0 unspecified atom stereocenters. The Kier molecular flexibility index (Phi) is 2.93. The molecule has 0 atom stereocenters. The van der Waals surface area contributed by atoms with E-state index in [4.69, 9.17) is 16.3 Å². The van der Waals surface area contributed by atoms with E-state index >= 15 is 0 Å². The topological polar surface area (TPSA) is 22.1 Å². The Morgan fingerprint density at radius 2 is 2.17 bits per heavy atom. The molecule has 66 valence electrons. The first-order chi connectivity index (χ1) is 5.59. The molecule has 0 saturated heterocycles. The van der Waals surface area contributed by atoms with Gasteiger partial charge >= 0.3 is 0 Å². The Hall–Kier alpha value is -0.760. The van der Waals surface area contributed by atoms with Gasteiger partial charge in [0.25, 0.3) is 0 Å². The van der Waals surface area contributed by atoms with E-state index in [-0.39, 0.29) is 6.10 Å². The van der Waals surface area contributed by atoms with Crippen molar-refractivity contribution < 1.29 is 4.74 Å². The number of nitrogens with zero attached hydrogens (tertiary/aromatic N) is 1. The van der Waals surface area contributed by atoms with E-state index in [2.05, 4.69) is 4.98 Å². The normalized spacial score (nSPS) is 10.4. The molecule has 0 radical (unpaired) electrons. The fraction of sp³-hybridized carbons (Fsp3) is 0.444. The summed E-state index contributed by atoms with van der Waals surface area (Å²) in [4.78, 5) is 4.06. The van der Waals surface area contributed by atoms with Crippen LogP contribution in [0.4, 0.5) is 0 Å². The monoisotopic (exact) mass is 185 g/mol. The maximum atomic E-state index is 5.89. The minimum absolute atomic E-state index is 0.109. The number of hydrogen-bond acceptors (Lipinski definition) is 2. The van der Waals surface area contributed by atoms with Crippen LogP contribution in [-0.2, 0) is 0 Å². The van der Waals surface area contributed by atoms with Gasteiger partial charge in [-0.15, -0.1) is 0 Å². The molecule has 2 nitrogen and oxygen atoms in total. The SMILES string of the molecule is Cc1cnc(OC(C)C)c(Cl)c1. The predicted octanol–water partition coefficient (Wildman–Crippen LogP) is 2.83. The summed E-state index contributed by atoms with van der Waals surface area (Å²) >= 11 is 5.89. The zero-order chi connectivity index (χ0) is 9.14. The number of aryl methyl sites for hydroxylation is 1. The quantitative estimate of drug-likeness (QED) is 0.707. The van der Waals surface area contributed by atoms with Crippen LogP contribution < -0.4 is 4.74 Å². The number of pyridine rings is 1. The van der Waals surface area contributed by atoms with E-state index in [1.165, 1.54) is 0 Å². The number of aromatic nitrogens is 1. The highest BCUT2D eigenvalue weighted by molar-refractivity contribution is 6.31. The molecule has 0 aliphatic heterocycles. The lowest BCUT2D eigenvalue weighted by molar-refractivity contribution is 0.233. The van der Waals surface area contributed by atoms with E-state index in [1.54, 1.807) is 6.20 Å². The van der Waals surface area contributed by atoms with Crippen LogP contribution >= 0.6 is 11.6 Å². The van der Waals surface area contributed by atoms with Gasteiger partial charge < -0.3 is 4.74 Å². The Morgan fingerprint density at radius 1 is 1.50 bits per heavy atom. The summed E-state index contributed by atoms with van der Waals surface area (Å²) in [6.45, 7) is 5.83. The van der Waals surface area contributed by atoms with Crippen LogP contribution in [0.15, 0.2) is 12.3 Å². The van der Waals surface area contributed by atoms with Crippen molar-refractivity contribution in [1.82, 2.24) is 4.98 Å². The standard InChI is InChI=1S/C9H12ClNO/c1-6(2)12-9-8(10)4-7(3)5-11-9/h4-6H,1-3H3. The van der Waals surface area contributed by atoms with E-state index in [0.717, 1.165) is 5.56 Å². The third-order valence-electron chi connectivity index (χ3n) is 1.29. The van der Waals surface area contributed by atoms with Crippen molar-refractivity contribution in [3.05, 3.63) is 22.8 Å². The number of halogens is 1. The second-order valence-electron chi connectivity index (χ2n) is 2.97. The van der Waals surface area contributed by atoms with Crippen molar-refractivity contribution in [1.29, 1.82) is 0 Å². The third kappa shape index (κ3) is 2.38. The molecule has 0 spiro atoms. The van der Waals surface area contributed by atoms with E-state index in [1.807, 2.05) is 26.8 Å². The molecule has 0 saturated carbocycles. The molecule has 3 heteroatoms. The average molecular weight is 186 g/mol. The van der Waals surface area contributed by atoms with Gasteiger partial charge in [-0.25, -0.2) is 4.98 Å². The summed E-state index contributed by atoms with van der Waals surface area (Å²) in [6.07, 6.45) is 1.85. The van der Waals surface area contributed by atoms with Crippen LogP contribution in [0.3, 0.4) is 0 Å². The van der Waals surface area contributed by atoms with Crippen LogP contribution in [0.1, 0.15) is 19.4 Å². The Bertz CT molecular complexity index is 273. The van der Waals surface area contributed by atoms with Crippen LogP contribution in [-0.4, -0.2) is 11.1 Å². The van der Waals surface area contributed by atoms with Crippen molar-refractivity contribution in [3.8, 4) is 5.88 Å². The highest BCUT2D eigenvalue weighted by Crippen LogP contribution is 2.22. The molecule has 12 heavy (non-hydrogen) atoms. The first kappa shape index (κ1) is 9.33. The molecule has 0 aromatic carbocycles. The average Bonchev–Trinajstić information content (AvgIpc) is 1.94. The predicted molar refractivity (Wildman–Crippen MR) is 49.7 cm³/mol. The van der Waals surface area contributed by atoms with Gasteiger partial charge in [-0.05, 0) is 32.4 Å². The zero-order valence-corrected chi connectivity index (χ0v) is 8.22. The van der Waals surface area contributed by atoms with Crippen molar-refractivity contribution in [2.24, 2.45) is 0 Å². The van der Waals surface area contributed by atoms with Crippen LogP contribution in [0, 0.1) is 6.92 Å². The van der Waals surface area contributed by atoms with Gasteiger partial charge in [0.05, 0.1) is 6.10 Å². The summed E-state index contributed by atoms with van der Waals surface area (Å²) in [7, 11) is 0. The molecule has 0 aliphatic carbocycles. The largest absolute Gasteiger partial charge is 0.474 e. The summed E-state index contributed by atoms with van der Waals surface area (Å²) in [6, 6.07) is 1.84. The lowest BCUT2D eigenvalue weighted by atomic mass is 10.3. The second kappa shape index (κ2) is 3.76. The highest BCUT2D eigenvalue weighted by atomic mass is 35.5. The molecule has 0 fully saturated rings. The molecule has 1 aromatic rings. The molecule has 0 N–H and O–H groups in total. The van der Waals surface area contributed by atoms with E-state index < -0.39 is 0 Å². The summed E-state index contributed by atoms with van der Waals surface area (Å²) in [5.74, 6) is 0.511. The van der Waals surface area contributed by atoms with Gasteiger partial charge in [-0.1, -0.05) is 11.6 Å². The maximum absolute atomic E-state index is 5.89. The van der Waals surface area contributed by atoms with E-state index in [0.29, 0.717) is 10.9 Å². The lowest BCUT2D eigenvalue weighted by Gasteiger charge is -2.09. The second-order valence-corrected chi connectivity index (χ2v) is 3.37. The van der Waals surface area contributed by atoms with Gasteiger partial charge in [-0.2, -0.15) is 0 Å². The smallest absolute Gasteiger partial charge is 0.232 e. The number of ether oxygens (including phenoxy) is 1. The fourth-order valence-electron chi connectivity index (χ4n) is 0.831. The van der Waals surface area contributed by atoms with Crippen LogP contribution in [0.25, 0.3) is 0 Å². The molecular formula is C9H12ClNO. The first-order valence-electron chi connectivity index (χ1n) is 3.88. The van der Waals surface area contributed by atoms with Gasteiger partial charge in [0.1, 0.15) is 5.02 Å². The minimum Gasteiger partial charge on any atom is -0.474 e. The highest BCUT2D eigenvalue weighted by Gasteiger charge is 2.04. The van der Waals surface area contributed by atoms with Gasteiger partial charge in [0.15, 0.2) is 0 Å². The van der Waals surface area contributed by atoms with Crippen molar-refractivity contribution in [3.63, 3.8) is 0 Å². The Labute approximate surface area is 77.5 Å². The van der Waals surface area contributed by atoms with Gasteiger partial charge in [0.2, 0.25) is 5.88 Å². The molecule has 0 amide bonds. The van der Waals surface area contributed by atoms with Gasteiger partial charge in [0, 0.05) is 6.20 Å². The van der Waals surface area contributed by atoms with Crippen molar-refractivity contribution >= 4 is 11.6 Å². The van der Waals surface area contributed by atoms with Crippen LogP contribution in [0.5, 0.6) is 5.88 Å². The Morgan fingerprint density at radius 3 is 2.67 bits per heavy atom. The van der Waals surface area contributed by atoms with Crippen molar-refractivity contribution in [2.75, 3.05) is 0 Å². The van der Waals surface area contributed by atoms with Crippen LogP contribution in [0.2, 0.25) is 5.02 Å². The number of rotatable bonds is 2. The minimum atomic E-state index is 0.109. The summed E-state index contributed by atoms with van der Waals surface area (Å²) < 4.78 is 5.36. The third-order valence-corrected chi connectivity index (χ3v) is 1.56. The first-order valence-corrected chi connectivity index (χ1v) is 4.26. The lowest BCUT2D eigenvalue weighted by Crippen LogP contribution is -2.07. The molecular weight excluding hydrogens is 174 g/mol. The zero-order valence-electron chi connectivity index (χ0n) is 7.47. The Balaban J connectivity index is 2.86. The summed E-state index contributed by atoms with van der Waals surface area (Å²) in [5.41, 5.74) is 1.04. The molecule has 1 rings (SSSR count). The number of hydrogen-bond donors (Lipinski definition) is 0. The summed E-state index contributed by atoms with van der Waals surface area (Å²) in [5, 5.41) is 0.573. The van der Waals surface area contributed by atoms with Crippen molar-refractivity contribution in [2.45, 2.75) is 26.9 Å². The molecule has 1 aromatic heterocycles. The van der Waals surface area contributed by atoms with E-state index in [9.17, 15) is 0 Å². The molecule has 0 bridgehead atoms. The fourth-order valence-corrected chi connectivity index (χ4v) is 1.10. The van der Waals surface area contributed by atoms with Gasteiger partial charge in [-0.3, -0.25) is 0 Å². The molecule has 0 aliphatic rings. The maximum Gasteiger partial charge on any atom is 0.232 e.